The lowest BCUT2D eigenvalue weighted by Crippen LogP contribution is -3.12. The van der Waals surface area contributed by atoms with Crippen LogP contribution in [0.5, 0.6) is 0 Å². The molecule has 2 aromatic rings. The fourth-order valence-electron chi connectivity index (χ4n) is 3.24. The summed E-state index contributed by atoms with van der Waals surface area (Å²) >= 11 is 3.60. The van der Waals surface area contributed by atoms with Gasteiger partial charge in [0.25, 0.3) is 0 Å². The second-order valence-corrected chi connectivity index (χ2v) is 5.85. The van der Waals surface area contributed by atoms with E-state index in [-0.39, 0.29) is 17.0 Å². The van der Waals surface area contributed by atoms with Gasteiger partial charge in [-0.05, 0) is 18.1 Å². The summed E-state index contributed by atoms with van der Waals surface area (Å²) in [5, 5.41) is 1.05. The van der Waals surface area contributed by atoms with Gasteiger partial charge >= 0.3 is 0 Å². The van der Waals surface area contributed by atoms with E-state index < -0.39 is 0 Å². The highest BCUT2D eigenvalue weighted by atomic mass is 79.9. The van der Waals surface area contributed by atoms with E-state index in [1.807, 2.05) is 0 Å². The molecule has 1 nitrogen and oxygen atoms in total. The minimum atomic E-state index is 0. The number of hydrogen-bond acceptors (Lipinski definition) is 0. The van der Waals surface area contributed by atoms with E-state index in [1.165, 1.54) is 22.3 Å². The molecular weight excluding hydrogens is 378 g/mol. The summed E-state index contributed by atoms with van der Waals surface area (Å²) in [7, 11) is 0. The van der Waals surface area contributed by atoms with Crippen LogP contribution in [0.4, 0.5) is 0 Å². The summed E-state index contributed by atoms with van der Waals surface area (Å²) in [4.78, 5) is 1.63. The number of fused-ring (bicyclic) bond motifs is 3. The van der Waals surface area contributed by atoms with Gasteiger partial charge in [0.1, 0.15) is 6.04 Å². The van der Waals surface area contributed by atoms with E-state index in [0.717, 1.165) is 18.4 Å². The molecule has 0 radical (unpaired) electrons. The zero-order valence-corrected chi connectivity index (χ0v) is 14.7. The fourth-order valence-corrected chi connectivity index (χ4v) is 3.75. The summed E-state index contributed by atoms with van der Waals surface area (Å²) in [5.41, 5.74) is 5.82. The van der Waals surface area contributed by atoms with Crippen LogP contribution in [-0.4, -0.2) is 18.4 Å². The van der Waals surface area contributed by atoms with Crippen molar-refractivity contribution in [3.05, 3.63) is 59.7 Å². The number of rotatable bonds is 4. The lowest BCUT2D eigenvalue weighted by atomic mass is 10.0. The molecule has 106 valence electrons. The van der Waals surface area contributed by atoms with Crippen molar-refractivity contribution in [3.63, 3.8) is 0 Å². The van der Waals surface area contributed by atoms with E-state index in [4.69, 9.17) is 0 Å². The predicted octanol–water partition coefficient (Wildman–Crippen LogP) is 0.0601. The van der Waals surface area contributed by atoms with E-state index in [9.17, 15) is 0 Å². The Hall–Kier alpha value is -0.640. The van der Waals surface area contributed by atoms with Crippen molar-refractivity contribution in [1.29, 1.82) is 0 Å². The Bertz CT molecular complexity index is 537. The van der Waals surface area contributed by atoms with Crippen LogP contribution in [0.3, 0.4) is 0 Å². The molecule has 1 N–H and O–H groups in total. The van der Waals surface area contributed by atoms with Crippen molar-refractivity contribution in [1.82, 2.24) is 0 Å². The van der Waals surface area contributed by atoms with Gasteiger partial charge in [0.15, 0.2) is 0 Å². The monoisotopic (exact) mass is 395 g/mol. The van der Waals surface area contributed by atoms with Gasteiger partial charge in [-0.3, -0.25) is 0 Å². The van der Waals surface area contributed by atoms with Crippen LogP contribution in [-0.2, 0) is 0 Å². The molecule has 3 heteroatoms. The van der Waals surface area contributed by atoms with Gasteiger partial charge in [-0.2, -0.15) is 0 Å². The van der Waals surface area contributed by atoms with E-state index in [0.29, 0.717) is 6.04 Å². The average Bonchev–Trinajstić information content (AvgIpc) is 2.80. The number of halogens is 2. The van der Waals surface area contributed by atoms with Crippen molar-refractivity contribution in [3.8, 4) is 11.1 Å². The second kappa shape index (κ2) is 6.88. The molecule has 0 aromatic heterocycles. The first kappa shape index (κ1) is 15.7. The highest BCUT2D eigenvalue weighted by Crippen LogP contribution is 2.41. The maximum Gasteiger partial charge on any atom is 0.140 e. The molecule has 0 spiro atoms. The van der Waals surface area contributed by atoms with E-state index in [1.54, 1.807) is 4.90 Å². The third kappa shape index (κ3) is 2.59. The summed E-state index contributed by atoms with van der Waals surface area (Å²) in [5.74, 6) is 0. The highest BCUT2D eigenvalue weighted by molar-refractivity contribution is 9.09. The van der Waals surface area contributed by atoms with Crippen molar-refractivity contribution >= 4 is 15.9 Å². The van der Waals surface area contributed by atoms with E-state index in [2.05, 4.69) is 71.4 Å². The molecule has 1 aliphatic rings. The van der Waals surface area contributed by atoms with Gasteiger partial charge in [-0.15, -0.1) is 0 Å². The Morgan fingerprint density at radius 2 is 1.45 bits per heavy atom. The molecule has 1 unspecified atom stereocenters. The summed E-state index contributed by atoms with van der Waals surface area (Å²) < 4.78 is 0. The standard InChI is InChI=1S/C17H18BrN.BrH/c1-2-19(12-11-18)17-15-9-5-3-7-13(15)14-8-4-6-10-16(14)17;/h3-10,17H,2,11-12H2,1H3;1H. The molecule has 1 aliphatic carbocycles. The van der Waals surface area contributed by atoms with Crippen LogP contribution in [0, 0.1) is 0 Å². The molecule has 0 heterocycles. The van der Waals surface area contributed by atoms with Gasteiger partial charge in [-0.25, -0.2) is 0 Å². The SMILES string of the molecule is CC[NH+](CCBr)C1c2ccccc2-c2ccccc21.[Br-]. The number of hydrogen-bond donors (Lipinski definition) is 1. The maximum absolute atomic E-state index is 3.60. The van der Waals surface area contributed by atoms with Crippen molar-refractivity contribution in [2.24, 2.45) is 0 Å². The Kier molecular flexibility index (Phi) is 5.42. The van der Waals surface area contributed by atoms with Crippen LogP contribution < -0.4 is 21.9 Å². The van der Waals surface area contributed by atoms with Crippen molar-refractivity contribution in [2.75, 3.05) is 18.4 Å². The highest BCUT2D eigenvalue weighted by Gasteiger charge is 2.34. The zero-order valence-electron chi connectivity index (χ0n) is 11.6. The Labute approximate surface area is 139 Å². The lowest BCUT2D eigenvalue weighted by Gasteiger charge is -2.25. The fraction of sp³-hybridized carbons (Fsp3) is 0.294. The minimum Gasteiger partial charge on any atom is -1.00 e. The summed E-state index contributed by atoms with van der Waals surface area (Å²) in [6.07, 6.45) is 0. The van der Waals surface area contributed by atoms with Crippen molar-refractivity contribution in [2.45, 2.75) is 13.0 Å². The third-order valence-electron chi connectivity index (χ3n) is 4.11. The number of nitrogens with one attached hydrogen (secondary N) is 1. The lowest BCUT2D eigenvalue weighted by molar-refractivity contribution is -0.921. The smallest absolute Gasteiger partial charge is 0.140 e. The van der Waals surface area contributed by atoms with Crippen LogP contribution in [0.15, 0.2) is 48.5 Å². The van der Waals surface area contributed by atoms with Gasteiger partial charge in [0.05, 0.1) is 18.4 Å². The first-order valence-corrected chi connectivity index (χ1v) is 8.07. The number of alkyl halides is 1. The molecule has 0 fully saturated rings. The summed E-state index contributed by atoms with van der Waals surface area (Å²) in [6, 6.07) is 18.2. The van der Waals surface area contributed by atoms with Crippen LogP contribution in [0.25, 0.3) is 11.1 Å². The molecular formula is C17H19Br2N. The van der Waals surface area contributed by atoms with Gasteiger partial charge in [-0.1, -0.05) is 64.5 Å². The van der Waals surface area contributed by atoms with Gasteiger partial charge in [0.2, 0.25) is 0 Å². The molecule has 1 atom stereocenters. The van der Waals surface area contributed by atoms with Crippen LogP contribution in [0.2, 0.25) is 0 Å². The molecule has 0 saturated carbocycles. The van der Waals surface area contributed by atoms with Crippen molar-refractivity contribution < 1.29 is 21.9 Å². The molecule has 0 saturated heterocycles. The average molecular weight is 397 g/mol. The van der Waals surface area contributed by atoms with Gasteiger partial charge in [0, 0.05) is 11.1 Å². The number of benzene rings is 2. The Morgan fingerprint density at radius 1 is 0.950 bits per heavy atom. The minimum absolute atomic E-state index is 0. The molecule has 20 heavy (non-hydrogen) atoms. The summed E-state index contributed by atoms with van der Waals surface area (Å²) in [6.45, 7) is 4.59. The molecule has 3 rings (SSSR count). The number of quaternary nitrogens is 1. The van der Waals surface area contributed by atoms with Crippen LogP contribution in [0.1, 0.15) is 24.1 Å². The van der Waals surface area contributed by atoms with Gasteiger partial charge < -0.3 is 21.9 Å². The zero-order chi connectivity index (χ0) is 13.2. The molecule has 0 aliphatic heterocycles. The first-order chi connectivity index (χ1) is 9.36. The Morgan fingerprint density at radius 3 is 1.90 bits per heavy atom. The normalized spacial score (nSPS) is 14.3. The molecule has 0 amide bonds. The predicted molar refractivity (Wildman–Crippen MR) is 83.9 cm³/mol. The second-order valence-electron chi connectivity index (χ2n) is 5.06. The van der Waals surface area contributed by atoms with E-state index >= 15 is 0 Å². The molecule has 2 aromatic carbocycles. The largest absolute Gasteiger partial charge is 1.00 e. The first-order valence-electron chi connectivity index (χ1n) is 6.95. The quantitative estimate of drug-likeness (QED) is 0.697. The van der Waals surface area contributed by atoms with Crippen LogP contribution >= 0.6 is 15.9 Å². The Balaban J connectivity index is 0.00000147. The maximum atomic E-state index is 3.60. The topological polar surface area (TPSA) is 4.44 Å². The molecule has 0 bridgehead atoms. The third-order valence-corrected chi connectivity index (χ3v) is 4.51.